The predicted molar refractivity (Wildman–Crippen MR) is 82.2 cm³/mol. The van der Waals surface area contributed by atoms with Crippen LogP contribution >= 0.6 is 15.9 Å². The lowest BCUT2D eigenvalue weighted by molar-refractivity contribution is 0.237. The van der Waals surface area contributed by atoms with Crippen LogP contribution in [0, 0.1) is 0 Å². The van der Waals surface area contributed by atoms with Crippen molar-refractivity contribution in [3.8, 4) is 0 Å². The minimum Gasteiger partial charge on any atom is -0.334 e. The van der Waals surface area contributed by atoms with E-state index < -0.39 is 0 Å². The van der Waals surface area contributed by atoms with Crippen molar-refractivity contribution in [3.05, 3.63) is 64.4 Å². The van der Waals surface area contributed by atoms with E-state index in [2.05, 4.69) is 31.5 Å². The Hall–Kier alpha value is -1.88. The second-order valence-corrected chi connectivity index (χ2v) is 5.29. The van der Waals surface area contributed by atoms with E-state index in [1.54, 1.807) is 12.4 Å². The number of halogens is 1. The first-order valence-electron chi connectivity index (χ1n) is 6.34. The molecular weight excluding hydrogens is 318 g/mol. The average molecular weight is 334 g/mol. The Morgan fingerprint density at radius 2 is 2.10 bits per heavy atom. The Labute approximate surface area is 126 Å². The van der Waals surface area contributed by atoms with Crippen molar-refractivity contribution in [1.29, 1.82) is 0 Å². The quantitative estimate of drug-likeness (QED) is 0.900. The molecule has 104 valence electrons. The summed E-state index contributed by atoms with van der Waals surface area (Å²) in [4.78, 5) is 15.9. The summed E-state index contributed by atoms with van der Waals surface area (Å²) in [5, 5.41) is 5.72. The highest BCUT2D eigenvalue weighted by Gasteiger charge is 2.11. The summed E-state index contributed by atoms with van der Waals surface area (Å²) >= 11 is 3.48. The van der Waals surface area contributed by atoms with Crippen LogP contribution in [0.15, 0.2) is 53.3 Å². The number of aromatic nitrogens is 1. The third-order valence-electron chi connectivity index (χ3n) is 2.90. The van der Waals surface area contributed by atoms with Crippen LogP contribution in [-0.2, 0) is 6.54 Å². The van der Waals surface area contributed by atoms with E-state index >= 15 is 0 Å². The molecular formula is C15H16BrN3O. The molecule has 20 heavy (non-hydrogen) atoms. The van der Waals surface area contributed by atoms with Crippen molar-refractivity contribution in [3.63, 3.8) is 0 Å². The lowest BCUT2D eigenvalue weighted by atomic mass is 10.1. The van der Waals surface area contributed by atoms with E-state index in [0.717, 1.165) is 15.6 Å². The first kappa shape index (κ1) is 14.5. The number of carbonyl (C=O) groups is 1. The number of hydrogen-bond acceptors (Lipinski definition) is 2. The van der Waals surface area contributed by atoms with Crippen molar-refractivity contribution in [2.45, 2.75) is 19.5 Å². The minimum atomic E-state index is -0.197. The third kappa shape index (κ3) is 4.06. The fourth-order valence-electron chi connectivity index (χ4n) is 1.84. The summed E-state index contributed by atoms with van der Waals surface area (Å²) in [6.07, 6.45) is 3.44. The summed E-state index contributed by atoms with van der Waals surface area (Å²) in [6.45, 7) is 2.41. The van der Waals surface area contributed by atoms with Crippen molar-refractivity contribution < 1.29 is 4.79 Å². The SMILES string of the molecule is C[C@H](NC(=O)NCc1cccnc1)c1ccccc1Br. The second kappa shape index (κ2) is 7.05. The van der Waals surface area contributed by atoms with Gasteiger partial charge in [-0.1, -0.05) is 40.2 Å². The maximum Gasteiger partial charge on any atom is 0.315 e. The van der Waals surface area contributed by atoms with Crippen LogP contribution in [0.3, 0.4) is 0 Å². The standard InChI is InChI=1S/C15H16BrN3O/c1-11(13-6-2-3-7-14(13)16)19-15(20)18-10-12-5-4-8-17-9-12/h2-9,11H,10H2,1H3,(H2,18,19,20)/t11-/m0/s1. The molecule has 1 aromatic heterocycles. The topological polar surface area (TPSA) is 54.0 Å². The molecule has 0 radical (unpaired) electrons. The largest absolute Gasteiger partial charge is 0.334 e. The van der Waals surface area contributed by atoms with Gasteiger partial charge in [0.05, 0.1) is 6.04 Å². The van der Waals surface area contributed by atoms with Crippen molar-refractivity contribution >= 4 is 22.0 Å². The first-order chi connectivity index (χ1) is 9.66. The summed E-state index contributed by atoms with van der Waals surface area (Å²) in [7, 11) is 0. The fourth-order valence-corrected chi connectivity index (χ4v) is 2.46. The van der Waals surface area contributed by atoms with Gasteiger partial charge in [-0.05, 0) is 30.2 Å². The van der Waals surface area contributed by atoms with Crippen LogP contribution in [0.1, 0.15) is 24.1 Å². The molecule has 1 aromatic carbocycles. The zero-order valence-corrected chi connectivity index (χ0v) is 12.7. The number of nitrogens with zero attached hydrogens (tertiary/aromatic N) is 1. The van der Waals surface area contributed by atoms with Gasteiger partial charge < -0.3 is 10.6 Å². The number of nitrogens with one attached hydrogen (secondary N) is 2. The van der Waals surface area contributed by atoms with Gasteiger partial charge in [0.15, 0.2) is 0 Å². The molecule has 1 heterocycles. The normalized spacial score (nSPS) is 11.7. The van der Waals surface area contributed by atoms with Gasteiger partial charge in [0.2, 0.25) is 0 Å². The first-order valence-corrected chi connectivity index (χ1v) is 7.14. The molecule has 5 heteroatoms. The highest BCUT2D eigenvalue weighted by Crippen LogP contribution is 2.22. The second-order valence-electron chi connectivity index (χ2n) is 4.43. The van der Waals surface area contributed by atoms with Crippen LogP contribution in [0.5, 0.6) is 0 Å². The predicted octanol–water partition coefficient (Wildman–Crippen LogP) is 3.40. The molecule has 1 atom stereocenters. The fraction of sp³-hybridized carbons (Fsp3) is 0.200. The van der Waals surface area contributed by atoms with Crippen LogP contribution in [0.25, 0.3) is 0 Å². The van der Waals surface area contributed by atoms with Crippen molar-refractivity contribution in [2.75, 3.05) is 0 Å². The number of hydrogen-bond donors (Lipinski definition) is 2. The number of amides is 2. The zero-order chi connectivity index (χ0) is 14.4. The zero-order valence-electron chi connectivity index (χ0n) is 11.1. The monoisotopic (exact) mass is 333 g/mol. The van der Waals surface area contributed by atoms with Crippen LogP contribution in [0.2, 0.25) is 0 Å². The van der Waals surface area contributed by atoms with E-state index in [1.165, 1.54) is 0 Å². The summed E-state index contributed by atoms with van der Waals surface area (Å²) in [5.41, 5.74) is 2.01. The van der Waals surface area contributed by atoms with E-state index in [0.29, 0.717) is 6.54 Å². The van der Waals surface area contributed by atoms with Gasteiger partial charge in [0.1, 0.15) is 0 Å². The maximum absolute atomic E-state index is 11.9. The van der Waals surface area contributed by atoms with E-state index in [1.807, 2.05) is 43.3 Å². The molecule has 0 bridgehead atoms. The van der Waals surface area contributed by atoms with Gasteiger partial charge in [-0.2, -0.15) is 0 Å². The number of benzene rings is 1. The van der Waals surface area contributed by atoms with Crippen LogP contribution < -0.4 is 10.6 Å². The van der Waals surface area contributed by atoms with E-state index in [4.69, 9.17) is 0 Å². The molecule has 0 unspecified atom stereocenters. The molecule has 2 N–H and O–H groups in total. The van der Waals surface area contributed by atoms with Crippen LogP contribution in [0.4, 0.5) is 4.79 Å². The number of urea groups is 1. The Balaban J connectivity index is 1.87. The molecule has 0 spiro atoms. The van der Waals surface area contributed by atoms with E-state index in [-0.39, 0.29) is 12.1 Å². The minimum absolute atomic E-state index is 0.0699. The van der Waals surface area contributed by atoms with Gasteiger partial charge in [-0.25, -0.2) is 4.79 Å². The van der Waals surface area contributed by atoms with Crippen LogP contribution in [-0.4, -0.2) is 11.0 Å². The number of carbonyl (C=O) groups excluding carboxylic acids is 1. The summed E-state index contributed by atoms with van der Waals surface area (Å²) in [5.74, 6) is 0. The average Bonchev–Trinajstić information content (AvgIpc) is 2.46. The molecule has 0 aliphatic carbocycles. The molecule has 0 aliphatic rings. The van der Waals surface area contributed by atoms with Crippen molar-refractivity contribution in [2.24, 2.45) is 0 Å². The van der Waals surface area contributed by atoms with Gasteiger partial charge in [-0.3, -0.25) is 4.98 Å². The highest BCUT2D eigenvalue weighted by atomic mass is 79.9. The molecule has 4 nitrogen and oxygen atoms in total. The Kier molecular flexibility index (Phi) is 5.12. The molecule has 0 saturated heterocycles. The summed E-state index contributed by atoms with van der Waals surface area (Å²) in [6, 6.07) is 11.3. The number of rotatable bonds is 4. The lowest BCUT2D eigenvalue weighted by Crippen LogP contribution is -2.36. The third-order valence-corrected chi connectivity index (χ3v) is 3.62. The van der Waals surface area contributed by atoms with E-state index in [9.17, 15) is 4.79 Å². The van der Waals surface area contributed by atoms with Gasteiger partial charge in [0.25, 0.3) is 0 Å². The summed E-state index contributed by atoms with van der Waals surface area (Å²) < 4.78 is 0.986. The van der Waals surface area contributed by atoms with Gasteiger partial charge >= 0.3 is 6.03 Å². The highest BCUT2D eigenvalue weighted by molar-refractivity contribution is 9.10. The molecule has 0 fully saturated rings. The maximum atomic E-state index is 11.9. The van der Waals surface area contributed by atoms with Crippen molar-refractivity contribution in [1.82, 2.24) is 15.6 Å². The molecule has 0 aliphatic heterocycles. The molecule has 0 saturated carbocycles. The molecule has 2 rings (SSSR count). The van der Waals surface area contributed by atoms with Gasteiger partial charge in [-0.15, -0.1) is 0 Å². The lowest BCUT2D eigenvalue weighted by Gasteiger charge is -2.16. The Morgan fingerprint density at radius 3 is 2.80 bits per heavy atom. The Morgan fingerprint density at radius 1 is 1.30 bits per heavy atom. The smallest absolute Gasteiger partial charge is 0.315 e. The Bertz CT molecular complexity index is 574. The molecule has 2 amide bonds. The molecule has 2 aromatic rings. The van der Waals surface area contributed by atoms with Gasteiger partial charge in [0, 0.05) is 23.4 Å². The number of pyridine rings is 1.